The summed E-state index contributed by atoms with van der Waals surface area (Å²) in [5.74, 6) is 2.24. The Hall–Kier alpha value is -1.23. The summed E-state index contributed by atoms with van der Waals surface area (Å²) in [5, 5.41) is 2.70. The molecule has 0 aromatic heterocycles. The molecule has 0 radical (unpaired) electrons. The molecular formula is C14H17FN2OS. The lowest BCUT2D eigenvalue weighted by Crippen LogP contribution is -2.49. The zero-order chi connectivity index (χ0) is 13.2. The van der Waals surface area contributed by atoms with Crippen LogP contribution in [-0.4, -0.2) is 35.0 Å². The van der Waals surface area contributed by atoms with Gasteiger partial charge in [-0.2, -0.15) is 11.8 Å². The predicted octanol–water partition coefficient (Wildman–Crippen LogP) is 3.19. The summed E-state index contributed by atoms with van der Waals surface area (Å²) in [7, 11) is 0. The van der Waals surface area contributed by atoms with Gasteiger partial charge in [-0.15, -0.1) is 0 Å². The molecule has 5 heteroatoms. The molecule has 1 heterocycles. The molecule has 1 atom stereocenters. The lowest BCUT2D eigenvalue weighted by atomic mass is 10.2. The minimum Gasteiger partial charge on any atom is -0.320 e. The van der Waals surface area contributed by atoms with Gasteiger partial charge in [-0.25, -0.2) is 9.18 Å². The van der Waals surface area contributed by atoms with Gasteiger partial charge in [-0.05, 0) is 30.9 Å². The van der Waals surface area contributed by atoms with Crippen molar-refractivity contribution >= 4 is 23.5 Å². The highest BCUT2D eigenvalue weighted by atomic mass is 32.2. The van der Waals surface area contributed by atoms with E-state index < -0.39 is 0 Å². The van der Waals surface area contributed by atoms with Crippen LogP contribution in [0.5, 0.6) is 0 Å². The van der Waals surface area contributed by atoms with Crippen molar-refractivity contribution in [3.8, 4) is 0 Å². The van der Waals surface area contributed by atoms with Crippen molar-refractivity contribution in [3.63, 3.8) is 0 Å². The molecule has 1 aromatic rings. The smallest absolute Gasteiger partial charge is 0.320 e. The molecular weight excluding hydrogens is 263 g/mol. The number of anilines is 1. The van der Waals surface area contributed by atoms with Crippen LogP contribution in [0.1, 0.15) is 12.8 Å². The summed E-state index contributed by atoms with van der Waals surface area (Å²) in [6.07, 6.45) is 2.43. The second-order valence-corrected chi connectivity index (χ2v) is 6.23. The predicted molar refractivity (Wildman–Crippen MR) is 76.0 cm³/mol. The van der Waals surface area contributed by atoms with Crippen molar-refractivity contribution < 1.29 is 9.18 Å². The molecule has 0 spiro atoms. The average molecular weight is 280 g/mol. The van der Waals surface area contributed by atoms with Gasteiger partial charge in [0, 0.05) is 24.1 Å². The zero-order valence-electron chi connectivity index (χ0n) is 10.6. The first kappa shape index (κ1) is 12.8. The molecule has 2 aliphatic rings. The third-order valence-electron chi connectivity index (χ3n) is 3.71. The van der Waals surface area contributed by atoms with E-state index in [1.165, 1.54) is 18.9 Å². The van der Waals surface area contributed by atoms with Gasteiger partial charge in [-0.3, -0.25) is 0 Å². The SMILES string of the molecule is O=C(Nc1ccccc1F)N1CCSC[C@@H]1C1CC1. The number of carbonyl (C=O) groups is 1. The standard InChI is InChI=1S/C14H17FN2OS/c15-11-3-1-2-4-12(11)16-14(18)17-7-8-19-9-13(17)10-5-6-10/h1-4,10,13H,5-9H2,(H,16,18)/t13-/m1/s1. The Morgan fingerprint density at radius 1 is 1.37 bits per heavy atom. The van der Waals surface area contributed by atoms with E-state index in [9.17, 15) is 9.18 Å². The highest BCUT2D eigenvalue weighted by Gasteiger charge is 2.39. The number of hydrogen-bond donors (Lipinski definition) is 1. The van der Waals surface area contributed by atoms with E-state index in [4.69, 9.17) is 0 Å². The molecule has 3 rings (SSSR count). The van der Waals surface area contributed by atoms with Crippen LogP contribution < -0.4 is 5.32 Å². The van der Waals surface area contributed by atoms with E-state index in [-0.39, 0.29) is 17.5 Å². The monoisotopic (exact) mass is 280 g/mol. The topological polar surface area (TPSA) is 32.3 Å². The fourth-order valence-electron chi connectivity index (χ4n) is 2.50. The van der Waals surface area contributed by atoms with E-state index in [0.29, 0.717) is 12.0 Å². The van der Waals surface area contributed by atoms with Gasteiger partial charge < -0.3 is 10.2 Å². The zero-order valence-corrected chi connectivity index (χ0v) is 11.5. The number of halogens is 1. The molecule has 1 N–H and O–H groups in total. The molecule has 3 nitrogen and oxygen atoms in total. The fourth-order valence-corrected chi connectivity index (χ4v) is 3.68. The molecule has 0 unspecified atom stereocenters. The maximum atomic E-state index is 13.5. The Morgan fingerprint density at radius 2 is 2.16 bits per heavy atom. The van der Waals surface area contributed by atoms with E-state index in [1.807, 2.05) is 16.7 Å². The molecule has 2 amide bonds. The molecule has 1 aliphatic carbocycles. The Balaban J connectivity index is 1.70. The molecule has 19 heavy (non-hydrogen) atoms. The highest BCUT2D eigenvalue weighted by molar-refractivity contribution is 7.99. The number of thioether (sulfide) groups is 1. The summed E-state index contributed by atoms with van der Waals surface area (Å²) in [6.45, 7) is 0.756. The van der Waals surface area contributed by atoms with Crippen molar-refractivity contribution in [2.75, 3.05) is 23.4 Å². The van der Waals surface area contributed by atoms with Gasteiger partial charge in [0.25, 0.3) is 0 Å². The fraction of sp³-hybridized carbons (Fsp3) is 0.500. The van der Waals surface area contributed by atoms with Gasteiger partial charge >= 0.3 is 6.03 Å². The lowest BCUT2D eigenvalue weighted by molar-refractivity contribution is 0.188. The number of nitrogens with zero attached hydrogens (tertiary/aromatic N) is 1. The Bertz CT molecular complexity index is 478. The number of para-hydroxylation sites is 1. The quantitative estimate of drug-likeness (QED) is 0.902. The molecule has 1 aromatic carbocycles. The normalized spacial score (nSPS) is 23.2. The highest BCUT2D eigenvalue weighted by Crippen LogP contribution is 2.38. The average Bonchev–Trinajstić information content (AvgIpc) is 3.26. The summed E-state index contributed by atoms with van der Waals surface area (Å²) in [6, 6.07) is 6.46. The van der Waals surface area contributed by atoms with Crippen molar-refractivity contribution in [2.24, 2.45) is 5.92 Å². The largest absolute Gasteiger partial charge is 0.322 e. The third kappa shape index (κ3) is 2.86. The van der Waals surface area contributed by atoms with Gasteiger partial charge in [-0.1, -0.05) is 12.1 Å². The number of nitrogens with one attached hydrogen (secondary N) is 1. The van der Waals surface area contributed by atoms with Crippen LogP contribution in [0.15, 0.2) is 24.3 Å². The van der Waals surface area contributed by atoms with Gasteiger partial charge in [0.15, 0.2) is 0 Å². The summed E-state index contributed by atoms with van der Waals surface area (Å²) in [5.41, 5.74) is 0.264. The van der Waals surface area contributed by atoms with Crippen LogP contribution in [0.25, 0.3) is 0 Å². The van der Waals surface area contributed by atoms with E-state index in [1.54, 1.807) is 18.2 Å². The number of rotatable bonds is 2. The minimum atomic E-state index is -0.384. The number of hydrogen-bond acceptors (Lipinski definition) is 2. The summed E-state index contributed by atoms with van der Waals surface area (Å²) < 4.78 is 13.5. The second kappa shape index (κ2) is 5.41. The van der Waals surface area contributed by atoms with E-state index >= 15 is 0 Å². The van der Waals surface area contributed by atoms with Gasteiger partial charge in [0.1, 0.15) is 5.82 Å². The van der Waals surface area contributed by atoms with Gasteiger partial charge in [0.05, 0.1) is 5.69 Å². The molecule has 102 valence electrons. The van der Waals surface area contributed by atoms with Gasteiger partial charge in [0.2, 0.25) is 0 Å². The Morgan fingerprint density at radius 3 is 2.89 bits per heavy atom. The van der Waals surface area contributed by atoms with Crippen LogP contribution in [-0.2, 0) is 0 Å². The number of benzene rings is 1. The number of amides is 2. The van der Waals surface area contributed by atoms with Crippen LogP contribution in [0, 0.1) is 11.7 Å². The maximum absolute atomic E-state index is 13.5. The summed E-state index contributed by atoms with van der Waals surface area (Å²) in [4.78, 5) is 14.2. The second-order valence-electron chi connectivity index (χ2n) is 5.08. The summed E-state index contributed by atoms with van der Waals surface area (Å²) >= 11 is 1.91. The van der Waals surface area contributed by atoms with E-state index in [0.717, 1.165) is 18.1 Å². The Kier molecular flexibility index (Phi) is 3.64. The van der Waals surface area contributed by atoms with Crippen LogP contribution in [0.4, 0.5) is 14.9 Å². The molecule has 1 saturated heterocycles. The van der Waals surface area contributed by atoms with Crippen LogP contribution in [0.2, 0.25) is 0 Å². The number of carbonyl (C=O) groups excluding carboxylic acids is 1. The first-order valence-corrected chi connectivity index (χ1v) is 7.81. The van der Waals surface area contributed by atoms with Crippen molar-refractivity contribution in [1.29, 1.82) is 0 Å². The van der Waals surface area contributed by atoms with E-state index in [2.05, 4.69) is 5.32 Å². The first-order valence-electron chi connectivity index (χ1n) is 6.65. The molecule has 1 saturated carbocycles. The molecule has 1 aliphatic heterocycles. The minimum absolute atomic E-state index is 0.165. The van der Waals surface area contributed by atoms with Crippen LogP contribution >= 0.6 is 11.8 Å². The van der Waals surface area contributed by atoms with Crippen molar-refractivity contribution in [2.45, 2.75) is 18.9 Å². The maximum Gasteiger partial charge on any atom is 0.322 e. The first-order chi connectivity index (χ1) is 9.25. The lowest BCUT2D eigenvalue weighted by Gasteiger charge is -2.35. The Labute approximate surface area is 116 Å². The third-order valence-corrected chi connectivity index (χ3v) is 4.76. The molecule has 0 bridgehead atoms. The van der Waals surface area contributed by atoms with Crippen molar-refractivity contribution in [1.82, 2.24) is 4.90 Å². The van der Waals surface area contributed by atoms with Crippen molar-refractivity contribution in [3.05, 3.63) is 30.1 Å². The number of urea groups is 1. The molecule has 2 fully saturated rings. The van der Waals surface area contributed by atoms with Crippen LogP contribution in [0.3, 0.4) is 0 Å².